The van der Waals surface area contributed by atoms with Crippen molar-refractivity contribution in [2.45, 2.75) is 12.8 Å². The predicted molar refractivity (Wildman–Crippen MR) is 84.8 cm³/mol. The summed E-state index contributed by atoms with van der Waals surface area (Å²) >= 11 is 0. The van der Waals surface area contributed by atoms with Crippen LogP contribution in [0.5, 0.6) is 0 Å². The van der Waals surface area contributed by atoms with Gasteiger partial charge in [-0.05, 0) is 40.8 Å². The lowest BCUT2D eigenvalue weighted by Crippen LogP contribution is -2.04. The van der Waals surface area contributed by atoms with Crippen molar-refractivity contribution in [2.24, 2.45) is 0 Å². The normalized spacial score (nSPS) is 10.7. The van der Waals surface area contributed by atoms with Gasteiger partial charge < -0.3 is 5.11 Å². The molecule has 0 aliphatic heterocycles. The zero-order valence-corrected chi connectivity index (χ0v) is 11.6. The first-order valence-corrected chi connectivity index (χ1v) is 7.03. The minimum atomic E-state index is -0.858. The summed E-state index contributed by atoms with van der Waals surface area (Å²) in [6.45, 7) is 0. The molecule has 2 nitrogen and oxygen atoms in total. The van der Waals surface area contributed by atoms with Crippen LogP contribution in [0.4, 0.5) is 0 Å². The van der Waals surface area contributed by atoms with E-state index >= 15 is 0 Å². The number of aryl methyl sites for hydroxylation is 2. The molecule has 104 valence electrons. The SMILES string of the molecule is O=C(O)c1cc2ccccc2cc1CCc1ccccc1. The van der Waals surface area contributed by atoms with E-state index in [2.05, 4.69) is 12.1 Å². The van der Waals surface area contributed by atoms with Gasteiger partial charge in [-0.25, -0.2) is 4.79 Å². The second-order valence-corrected chi connectivity index (χ2v) is 5.15. The Kier molecular flexibility index (Phi) is 3.69. The Hall–Kier alpha value is -2.61. The number of fused-ring (bicyclic) bond motifs is 1. The second-order valence-electron chi connectivity index (χ2n) is 5.15. The summed E-state index contributed by atoms with van der Waals surface area (Å²) < 4.78 is 0. The monoisotopic (exact) mass is 276 g/mol. The molecule has 0 heterocycles. The zero-order valence-electron chi connectivity index (χ0n) is 11.6. The van der Waals surface area contributed by atoms with Gasteiger partial charge in [-0.3, -0.25) is 0 Å². The van der Waals surface area contributed by atoms with Crippen LogP contribution in [0, 0.1) is 0 Å². The summed E-state index contributed by atoms with van der Waals surface area (Å²) in [5.41, 5.74) is 2.52. The zero-order chi connectivity index (χ0) is 14.7. The van der Waals surface area contributed by atoms with Crippen LogP contribution in [0.25, 0.3) is 10.8 Å². The molecule has 0 bridgehead atoms. The molecular weight excluding hydrogens is 260 g/mol. The molecule has 0 radical (unpaired) electrons. The molecule has 0 atom stereocenters. The maximum atomic E-state index is 11.5. The molecule has 0 aromatic heterocycles. The van der Waals surface area contributed by atoms with Crippen LogP contribution < -0.4 is 0 Å². The van der Waals surface area contributed by atoms with Gasteiger partial charge in [0.05, 0.1) is 5.56 Å². The highest BCUT2D eigenvalue weighted by Crippen LogP contribution is 2.21. The minimum Gasteiger partial charge on any atom is -0.478 e. The van der Waals surface area contributed by atoms with Gasteiger partial charge in [-0.15, -0.1) is 0 Å². The van der Waals surface area contributed by atoms with Gasteiger partial charge in [0.2, 0.25) is 0 Å². The highest BCUT2D eigenvalue weighted by atomic mass is 16.4. The molecule has 21 heavy (non-hydrogen) atoms. The van der Waals surface area contributed by atoms with Crippen LogP contribution in [0.1, 0.15) is 21.5 Å². The number of carboxylic acids is 1. The van der Waals surface area contributed by atoms with Crippen molar-refractivity contribution < 1.29 is 9.90 Å². The maximum Gasteiger partial charge on any atom is 0.335 e. The lowest BCUT2D eigenvalue weighted by atomic mass is 9.96. The molecule has 3 rings (SSSR count). The smallest absolute Gasteiger partial charge is 0.335 e. The van der Waals surface area contributed by atoms with Crippen molar-refractivity contribution in [1.29, 1.82) is 0 Å². The Morgan fingerprint density at radius 1 is 0.810 bits per heavy atom. The number of rotatable bonds is 4. The summed E-state index contributed by atoms with van der Waals surface area (Å²) in [5.74, 6) is -0.858. The summed E-state index contributed by atoms with van der Waals surface area (Å²) in [7, 11) is 0. The average molecular weight is 276 g/mol. The van der Waals surface area contributed by atoms with Crippen molar-refractivity contribution >= 4 is 16.7 Å². The van der Waals surface area contributed by atoms with E-state index in [1.165, 1.54) is 5.56 Å². The van der Waals surface area contributed by atoms with E-state index in [0.717, 1.165) is 29.2 Å². The van der Waals surface area contributed by atoms with Crippen molar-refractivity contribution in [2.75, 3.05) is 0 Å². The molecule has 0 amide bonds. The molecule has 0 saturated carbocycles. The van der Waals surface area contributed by atoms with Crippen LogP contribution in [0.3, 0.4) is 0 Å². The number of carboxylic acid groups (broad SMARTS) is 1. The molecule has 0 aliphatic carbocycles. The van der Waals surface area contributed by atoms with Gasteiger partial charge in [-0.2, -0.15) is 0 Å². The third kappa shape index (κ3) is 2.95. The van der Waals surface area contributed by atoms with E-state index in [0.29, 0.717) is 5.56 Å². The lowest BCUT2D eigenvalue weighted by Gasteiger charge is -2.09. The van der Waals surface area contributed by atoms with Crippen LogP contribution >= 0.6 is 0 Å². The molecule has 0 aliphatic rings. The fraction of sp³-hybridized carbons (Fsp3) is 0.105. The number of carbonyl (C=O) groups is 1. The standard InChI is InChI=1S/C19H16O2/c20-19(21)18-13-16-9-5-4-8-15(16)12-17(18)11-10-14-6-2-1-3-7-14/h1-9,12-13H,10-11H2,(H,20,21). The van der Waals surface area contributed by atoms with E-state index in [9.17, 15) is 9.90 Å². The fourth-order valence-electron chi connectivity index (χ4n) is 2.62. The Morgan fingerprint density at radius 2 is 1.43 bits per heavy atom. The van der Waals surface area contributed by atoms with Crippen LogP contribution in [0.2, 0.25) is 0 Å². The second kappa shape index (κ2) is 5.80. The van der Waals surface area contributed by atoms with Gasteiger partial charge in [0, 0.05) is 0 Å². The van der Waals surface area contributed by atoms with Gasteiger partial charge in [-0.1, -0.05) is 60.7 Å². The minimum absolute atomic E-state index is 0.407. The Bertz CT molecular complexity index is 776. The quantitative estimate of drug-likeness (QED) is 0.770. The lowest BCUT2D eigenvalue weighted by molar-refractivity contribution is 0.0696. The third-order valence-corrected chi connectivity index (χ3v) is 3.73. The number of hydrogen-bond acceptors (Lipinski definition) is 1. The Balaban J connectivity index is 1.96. The maximum absolute atomic E-state index is 11.5. The first-order valence-electron chi connectivity index (χ1n) is 7.03. The summed E-state index contributed by atoms with van der Waals surface area (Å²) in [6.07, 6.45) is 1.58. The van der Waals surface area contributed by atoms with Crippen LogP contribution in [0.15, 0.2) is 66.7 Å². The van der Waals surface area contributed by atoms with Crippen LogP contribution in [-0.4, -0.2) is 11.1 Å². The molecule has 1 N–H and O–H groups in total. The Labute approximate surface area is 123 Å². The molecule has 2 heteroatoms. The molecule has 3 aromatic carbocycles. The topological polar surface area (TPSA) is 37.3 Å². The Morgan fingerprint density at radius 3 is 2.10 bits per heavy atom. The molecule has 0 saturated heterocycles. The van der Waals surface area contributed by atoms with E-state index in [1.807, 2.05) is 48.5 Å². The average Bonchev–Trinajstić information content (AvgIpc) is 2.53. The van der Waals surface area contributed by atoms with Crippen LogP contribution in [-0.2, 0) is 12.8 Å². The number of benzene rings is 3. The summed E-state index contributed by atoms with van der Waals surface area (Å²) in [4.78, 5) is 11.5. The number of hydrogen-bond donors (Lipinski definition) is 1. The van der Waals surface area contributed by atoms with E-state index in [1.54, 1.807) is 6.07 Å². The highest BCUT2D eigenvalue weighted by Gasteiger charge is 2.11. The van der Waals surface area contributed by atoms with Gasteiger partial charge in [0.25, 0.3) is 0 Å². The fourth-order valence-corrected chi connectivity index (χ4v) is 2.62. The van der Waals surface area contributed by atoms with Gasteiger partial charge >= 0.3 is 5.97 Å². The number of aromatic carboxylic acids is 1. The van der Waals surface area contributed by atoms with Crippen molar-refractivity contribution in [3.05, 3.63) is 83.4 Å². The largest absolute Gasteiger partial charge is 0.478 e. The van der Waals surface area contributed by atoms with E-state index in [-0.39, 0.29) is 0 Å². The van der Waals surface area contributed by atoms with Crippen molar-refractivity contribution in [1.82, 2.24) is 0 Å². The summed E-state index contributed by atoms with van der Waals surface area (Å²) in [5, 5.41) is 11.5. The van der Waals surface area contributed by atoms with Gasteiger partial charge in [0.15, 0.2) is 0 Å². The van der Waals surface area contributed by atoms with Crippen molar-refractivity contribution in [3.63, 3.8) is 0 Å². The predicted octanol–water partition coefficient (Wildman–Crippen LogP) is 4.32. The summed E-state index contributed by atoms with van der Waals surface area (Å²) in [6, 6.07) is 21.8. The molecule has 0 unspecified atom stereocenters. The van der Waals surface area contributed by atoms with E-state index < -0.39 is 5.97 Å². The highest BCUT2D eigenvalue weighted by molar-refractivity contribution is 5.96. The molecular formula is C19H16O2. The first-order chi connectivity index (χ1) is 10.2. The third-order valence-electron chi connectivity index (χ3n) is 3.73. The first kappa shape index (κ1) is 13.4. The van der Waals surface area contributed by atoms with E-state index in [4.69, 9.17) is 0 Å². The molecule has 0 fully saturated rings. The van der Waals surface area contributed by atoms with Gasteiger partial charge in [0.1, 0.15) is 0 Å². The molecule has 3 aromatic rings. The molecule has 0 spiro atoms. The van der Waals surface area contributed by atoms with Crippen molar-refractivity contribution in [3.8, 4) is 0 Å².